The highest BCUT2D eigenvalue weighted by Crippen LogP contribution is 2.42. The molecule has 5 heteroatoms. The molecule has 150 valence electrons. The maximum absolute atomic E-state index is 13.1. The van der Waals surface area contributed by atoms with Crippen LogP contribution in [-0.2, 0) is 15.5 Å². The van der Waals surface area contributed by atoms with Gasteiger partial charge in [0.25, 0.3) is 0 Å². The van der Waals surface area contributed by atoms with Gasteiger partial charge in [0, 0.05) is 6.42 Å². The first-order valence-corrected chi connectivity index (χ1v) is 11.9. The minimum absolute atomic E-state index is 0.290. The Bertz CT molecular complexity index is 513. The first-order chi connectivity index (χ1) is 12.4. The third-order valence-corrected chi connectivity index (χ3v) is 6.65. The van der Waals surface area contributed by atoms with E-state index in [1.165, 1.54) is 0 Å². The van der Waals surface area contributed by atoms with Gasteiger partial charge in [-0.15, -0.1) is 0 Å². The van der Waals surface area contributed by atoms with Crippen LogP contribution in [0.4, 0.5) is 0 Å². The maximum Gasteiger partial charge on any atom is 0.193 e. The number of rotatable bonds is 14. The van der Waals surface area contributed by atoms with Crippen LogP contribution in [0.2, 0.25) is 0 Å². The van der Waals surface area contributed by atoms with Gasteiger partial charge in [0.05, 0.1) is 19.7 Å². The number of benzene rings is 1. The zero-order chi connectivity index (χ0) is 19.4. The molecule has 1 rings (SSSR count). The maximum atomic E-state index is 13.1. The molecule has 0 aliphatic rings. The highest BCUT2D eigenvalue weighted by molar-refractivity contribution is 7.51. The van der Waals surface area contributed by atoms with Crippen molar-refractivity contribution in [3.63, 3.8) is 0 Å². The van der Waals surface area contributed by atoms with Crippen molar-refractivity contribution < 1.29 is 18.9 Å². The fourth-order valence-corrected chi connectivity index (χ4v) is 4.77. The van der Waals surface area contributed by atoms with E-state index in [0.717, 1.165) is 55.7 Å². The van der Waals surface area contributed by atoms with Gasteiger partial charge < -0.3 is 18.9 Å². The fraction of sp³-hybridized carbons (Fsp3) is 0.714. The number of hydrogen-bond acceptors (Lipinski definition) is 3. The van der Waals surface area contributed by atoms with Gasteiger partial charge in [-0.1, -0.05) is 70.9 Å². The van der Waals surface area contributed by atoms with Gasteiger partial charge in [-0.2, -0.15) is 0 Å². The van der Waals surface area contributed by atoms with Crippen molar-refractivity contribution in [3.05, 3.63) is 35.9 Å². The van der Waals surface area contributed by atoms with Crippen LogP contribution >= 0.6 is 7.60 Å². The fourth-order valence-electron chi connectivity index (χ4n) is 3.09. The van der Waals surface area contributed by atoms with E-state index in [-0.39, 0.29) is 0 Å². The molecule has 1 N–H and O–H groups in total. The topological polar surface area (TPSA) is 53.8 Å². The Kier molecular flexibility index (Phi) is 11.4. The van der Waals surface area contributed by atoms with Crippen molar-refractivity contribution in [3.8, 4) is 0 Å². The van der Waals surface area contributed by atoms with Crippen LogP contribution in [0, 0.1) is 5.92 Å². The third-order valence-electron chi connectivity index (χ3n) is 4.79. The zero-order valence-electron chi connectivity index (χ0n) is 17.1. The Labute approximate surface area is 160 Å². The predicted octanol–water partition coefficient (Wildman–Crippen LogP) is 3.66. The van der Waals surface area contributed by atoms with E-state index >= 15 is 0 Å². The summed E-state index contributed by atoms with van der Waals surface area (Å²) in [5.41, 5.74) is 1.06. The average Bonchev–Trinajstić information content (AvgIpc) is 2.60. The van der Waals surface area contributed by atoms with Crippen molar-refractivity contribution >= 4 is 7.60 Å². The number of unbranched alkanes of at least 4 members (excludes halogenated alkanes) is 2. The minimum Gasteiger partial charge on any atom is -0.774 e. The van der Waals surface area contributed by atoms with Gasteiger partial charge >= 0.3 is 0 Å². The monoisotopic (exact) mass is 383 g/mol. The normalized spacial score (nSPS) is 15.3. The molecule has 26 heavy (non-hydrogen) atoms. The van der Waals surface area contributed by atoms with E-state index in [1.54, 1.807) is 0 Å². The lowest BCUT2D eigenvalue weighted by atomic mass is 10.1. The second kappa shape index (κ2) is 12.7. The van der Waals surface area contributed by atoms with Crippen LogP contribution in [0.5, 0.6) is 0 Å². The molecule has 2 atom stereocenters. The molecular weight excluding hydrogens is 345 g/mol. The van der Waals surface area contributed by atoms with Crippen molar-refractivity contribution in [2.75, 3.05) is 19.7 Å². The van der Waals surface area contributed by atoms with Crippen LogP contribution in [0.15, 0.2) is 30.3 Å². The molecule has 0 fully saturated rings. The summed E-state index contributed by atoms with van der Waals surface area (Å²) in [4.78, 5) is 14.2. The van der Waals surface area contributed by atoms with Crippen molar-refractivity contribution in [1.82, 2.24) is 0 Å². The molecule has 0 aliphatic heterocycles. The third kappa shape index (κ3) is 8.81. The summed E-state index contributed by atoms with van der Waals surface area (Å²) in [6.45, 7) is 10.5. The molecule has 2 unspecified atom stereocenters. The summed E-state index contributed by atoms with van der Waals surface area (Å²) in [6.07, 6.45) is 5.51. The van der Waals surface area contributed by atoms with Crippen LogP contribution in [0.1, 0.15) is 65.4 Å². The van der Waals surface area contributed by atoms with Gasteiger partial charge in [0.2, 0.25) is 0 Å². The summed E-state index contributed by atoms with van der Waals surface area (Å²) >= 11 is 0. The standard InChI is InChI=1S/C21H38NO3P/c1-5-7-15-22(16-8-6-2)21(18-20-12-10-9-11-13-20)26(23,24)25-17-14-19(3)4/h9-13,19,21H,5-8,14-18H2,1-4H3,(H,23,24). The first-order valence-electron chi connectivity index (χ1n) is 10.2. The Morgan fingerprint density at radius 1 is 1.08 bits per heavy atom. The molecule has 1 aromatic rings. The zero-order valence-corrected chi connectivity index (χ0v) is 18.0. The predicted molar refractivity (Wildman–Crippen MR) is 107 cm³/mol. The van der Waals surface area contributed by atoms with Crippen LogP contribution < -0.4 is 9.79 Å². The Balaban J connectivity index is 2.98. The van der Waals surface area contributed by atoms with E-state index in [9.17, 15) is 9.46 Å². The summed E-state index contributed by atoms with van der Waals surface area (Å²) in [5, 5.41) is 0. The summed E-state index contributed by atoms with van der Waals surface area (Å²) in [6, 6.07) is 9.93. The lowest BCUT2D eigenvalue weighted by Crippen LogP contribution is -3.16. The smallest absolute Gasteiger partial charge is 0.193 e. The molecule has 1 aromatic carbocycles. The van der Waals surface area contributed by atoms with E-state index in [0.29, 0.717) is 18.9 Å². The molecular formula is C21H38NO3P. The second-order valence-corrected chi connectivity index (χ2v) is 9.59. The van der Waals surface area contributed by atoms with Gasteiger partial charge in [-0.25, -0.2) is 0 Å². The lowest BCUT2D eigenvalue weighted by molar-refractivity contribution is -0.914. The summed E-state index contributed by atoms with van der Waals surface area (Å²) in [7, 11) is -3.95. The van der Waals surface area contributed by atoms with E-state index in [4.69, 9.17) is 4.52 Å². The van der Waals surface area contributed by atoms with Crippen LogP contribution in [0.25, 0.3) is 0 Å². The largest absolute Gasteiger partial charge is 0.774 e. The van der Waals surface area contributed by atoms with E-state index < -0.39 is 13.4 Å². The molecule has 4 nitrogen and oxygen atoms in total. The van der Waals surface area contributed by atoms with Crippen molar-refractivity contribution in [2.45, 2.75) is 72.0 Å². The van der Waals surface area contributed by atoms with Gasteiger partial charge in [0.1, 0.15) is 0 Å². The van der Waals surface area contributed by atoms with Crippen LogP contribution in [0.3, 0.4) is 0 Å². The molecule has 0 heterocycles. The molecule has 0 radical (unpaired) electrons. The van der Waals surface area contributed by atoms with Crippen LogP contribution in [-0.4, -0.2) is 25.5 Å². The van der Waals surface area contributed by atoms with Gasteiger partial charge in [-0.3, -0.25) is 0 Å². The molecule has 0 bridgehead atoms. The Morgan fingerprint density at radius 2 is 1.65 bits per heavy atom. The second-order valence-electron chi connectivity index (χ2n) is 7.63. The van der Waals surface area contributed by atoms with Crippen molar-refractivity contribution in [1.29, 1.82) is 0 Å². The Morgan fingerprint density at radius 3 is 2.15 bits per heavy atom. The molecule has 0 amide bonds. The van der Waals surface area contributed by atoms with Gasteiger partial charge in [-0.05, 0) is 30.7 Å². The quantitative estimate of drug-likeness (QED) is 0.499. The highest BCUT2D eigenvalue weighted by Gasteiger charge is 2.33. The minimum atomic E-state index is -3.95. The SMILES string of the molecule is CCCC[NH+](CCCC)C(Cc1ccccc1)P(=O)([O-])OCCC(C)C. The summed E-state index contributed by atoms with van der Waals surface area (Å²) in [5.74, 6) is -0.0682. The van der Waals surface area contributed by atoms with Crippen molar-refractivity contribution in [2.24, 2.45) is 5.92 Å². The van der Waals surface area contributed by atoms with E-state index in [2.05, 4.69) is 27.7 Å². The number of quaternary nitrogens is 1. The van der Waals surface area contributed by atoms with E-state index in [1.807, 2.05) is 30.3 Å². The average molecular weight is 384 g/mol. The molecule has 0 aliphatic carbocycles. The molecule has 0 saturated heterocycles. The summed E-state index contributed by atoms with van der Waals surface area (Å²) < 4.78 is 18.6. The number of hydrogen-bond donors (Lipinski definition) is 1. The lowest BCUT2D eigenvalue weighted by Gasteiger charge is -2.37. The highest BCUT2D eigenvalue weighted by atomic mass is 31.2. The molecule has 0 spiro atoms. The molecule has 0 saturated carbocycles. The first kappa shape index (κ1) is 23.4. The van der Waals surface area contributed by atoms with Gasteiger partial charge in [0.15, 0.2) is 13.4 Å². The Hall–Kier alpha value is -0.670. The number of nitrogens with one attached hydrogen (secondary N) is 1. The molecule has 0 aromatic heterocycles.